The van der Waals surface area contributed by atoms with E-state index in [1.54, 1.807) is 6.07 Å². The van der Waals surface area contributed by atoms with Crippen LogP contribution >= 0.6 is 0 Å². The van der Waals surface area contributed by atoms with Crippen molar-refractivity contribution in [3.8, 4) is 0 Å². The number of nitrogens with two attached hydrogens (primary N) is 1. The molecule has 1 aromatic rings. The summed E-state index contributed by atoms with van der Waals surface area (Å²) in [6.45, 7) is 0. The third kappa shape index (κ3) is 1.02. The highest BCUT2D eigenvalue weighted by molar-refractivity contribution is 5.36. The highest BCUT2D eigenvalue weighted by atomic mass is 19.1. The lowest BCUT2D eigenvalue weighted by molar-refractivity contribution is 0.159. The Morgan fingerprint density at radius 1 is 1.50 bits per heavy atom. The Morgan fingerprint density at radius 3 is 3.00 bits per heavy atom. The molecule has 2 unspecified atom stereocenters. The van der Waals surface area contributed by atoms with E-state index in [4.69, 9.17) is 5.73 Å². The van der Waals surface area contributed by atoms with Crippen LogP contribution in [0.3, 0.4) is 0 Å². The van der Waals surface area contributed by atoms with Crippen molar-refractivity contribution >= 4 is 0 Å². The summed E-state index contributed by atoms with van der Waals surface area (Å²) in [5.74, 6) is -0.318. The molecule has 0 bridgehead atoms. The van der Waals surface area contributed by atoms with Crippen LogP contribution in [0.5, 0.6) is 0 Å². The summed E-state index contributed by atoms with van der Waals surface area (Å²) in [4.78, 5) is 0. The van der Waals surface area contributed by atoms with Crippen LogP contribution in [-0.2, 0) is 6.42 Å². The van der Waals surface area contributed by atoms with Crippen molar-refractivity contribution in [3.63, 3.8) is 0 Å². The van der Waals surface area contributed by atoms with E-state index in [0.717, 1.165) is 5.56 Å². The minimum absolute atomic E-state index is 0.276. The van der Waals surface area contributed by atoms with Crippen molar-refractivity contribution in [2.75, 3.05) is 0 Å². The summed E-state index contributed by atoms with van der Waals surface area (Å²) < 4.78 is 12.7. The zero-order valence-electron chi connectivity index (χ0n) is 6.50. The lowest BCUT2D eigenvalue weighted by atomic mass is 10.1. The number of hydrogen-bond acceptors (Lipinski definition) is 2. The minimum atomic E-state index is -0.698. The minimum Gasteiger partial charge on any atom is -0.387 e. The van der Waals surface area contributed by atoms with Crippen LogP contribution in [0.4, 0.5) is 4.39 Å². The largest absolute Gasteiger partial charge is 0.387 e. The van der Waals surface area contributed by atoms with Crippen molar-refractivity contribution < 1.29 is 9.50 Å². The Labute approximate surface area is 69.8 Å². The molecule has 0 heterocycles. The Hall–Kier alpha value is -0.930. The molecule has 0 amide bonds. The van der Waals surface area contributed by atoms with Crippen molar-refractivity contribution in [1.29, 1.82) is 0 Å². The first-order chi connectivity index (χ1) is 5.68. The average molecular weight is 167 g/mol. The molecule has 1 aliphatic carbocycles. The van der Waals surface area contributed by atoms with Gasteiger partial charge in [0.05, 0.1) is 6.10 Å². The van der Waals surface area contributed by atoms with Gasteiger partial charge in [-0.2, -0.15) is 0 Å². The van der Waals surface area contributed by atoms with E-state index in [-0.39, 0.29) is 11.9 Å². The number of aliphatic hydroxyl groups is 1. The molecule has 1 aliphatic rings. The van der Waals surface area contributed by atoms with Crippen molar-refractivity contribution in [2.45, 2.75) is 18.6 Å². The van der Waals surface area contributed by atoms with Gasteiger partial charge in [-0.05, 0) is 29.7 Å². The quantitative estimate of drug-likeness (QED) is 0.598. The molecule has 64 valence electrons. The van der Waals surface area contributed by atoms with E-state index in [9.17, 15) is 9.50 Å². The van der Waals surface area contributed by atoms with Crippen LogP contribution in [0, 0.1) is 5.82 Å². The molecule has 3 heteroatoms. The lowest BCUT2D eigenvalue weighted by Crippen LogP contribution is -2.24. The maximum Gasteiger partial charge on any atom is 0.123 e. The van der Waals surface area contributed by atoms with E-state index in [2.05, 4.69) is 0 Å². The second-order valence-electron chi connectivity index (χ2n) is 3.16. The van der Waals surface area contributed by atoms with Crippen LogP contribution in [-0.4, -0.2) is 11.1 Å². The van der Waals surface area contributed by atoms with Gasteiger partial charge in [0.1, 0.15) is 5.82 Å². The Balaban J connectivity index is 2.48. The lowest BCUT2D eigenvalue weighted by Gasteiger charge is -2.07. The Kier molecular flexibility index (Phi) is 1.63. The molecule has 2 nitrogen and oxygen atoms in total. The summed E-state index contributed by atoms with van der Waals surface area (Å²) in [6, 6.07) is 4.15. The molecule has 0 aromatic heterocycles. The Morgan fingerprint density at radius 2 is 2.25 bits per heavy atom. The molecule has 0 saturated carbocycles. The maximum atomic E-state index is 12.7. The molecule has 3 N–H and O–H groups in total. The van der Waals surface area contributed by atoms with Gasteiger partial charge in [0.25, 0.3) is 0 Å². The van der Waals surface area contributed by atoms with Crippen molar-refractivity contribution in [2.24, 2.45) is 5.73 Å². The average Bonchev–Trinajstić information content (AvgIpc) is 2.31. The van der Waals surface area contributed by atoms with Gasteiger partial charge in [-0.1, -0.05) is 6.07 Å². The van der Waals surface area contributed by atoms with Gasteiger partial charge in [-0.15, -0.1) is 0 Å². The van der Waals surface area contributed by atoms with Gasteiger partial charge >= 0.3 is 0 Å². The van der Waals surface area contributed by atoms with E-state index in [1.165, 1.54) is 12.1 Å². The molecule has 0 saturated heterocycles. The molecular formula is C9H10FNO. The number of hydrogen-bond donors (Lipinski definition) is 2. The van der Waals surface area contributed by atoms with Crippen LogP contribution < -0.4 is 5.73 Å². The fourth-order valence-corrected chi connectivity index (χ4v) is 1.62. The van der Waals surface area contributed by atoms with Gasteiger partial charge in [0.15, 0.2) is 0 Å². The number of aliphatic hydroxyl groups excluding tert-OH is 1. The predicted molar refractivity (Wildman–Crippen MR) is 43.0 cm³/mol. The first kappa shape index (κ1) is 7.71. The third-order valence-corrected chi connectivity index (χ3v) is 2.29. The summed E-state index contributed by atoms with van der Waals surface area (Å²) in [5.41, 5.74) is 7.20. The fraction of sp³-hybridized carbons (Fsp3) is 0.333. The Bertz CT molecular complexity index is 313. The maximum absolute atomic E-state index is 12.7. The predicted octanol–water partition coefficient (Wildman–Crippen LogP) is 0.743. The van der Waals surface area contributed by atoms with E-state index >= 15 is 0 Å². The van der Waals surface area contributed by atoms with Gasteiger partial charge in [-0.25, -0.2) is 4.39 Å². The van der Waals surface area contributed by atoms with Gasteiger partial charge in [0, 0.05) is 6.04 Å². The molecule has 0 fully saturated rings. The molecule has 0 aliphatic heterocycles. The van der Waals surface area contributed by atoms with Crippen LogP contribution in [0.25, 0.3) is 0 Å². The van der Waals surface area contributed by atoms with Crippen LogP contribution in [0.2, 0.25) is 0 Å². The first-order valence-electron chi connectivity index (χ1n) is 3.90. The van der Waals surface area contributed by atoms with E-state index in [1.807, 2.05) is 0 Å². The number of halogens is 1. The molecule has 2 rings (SSSR count). The first-order valence-corrected chi connectivity index (χ1v) is 3.90. The third-order valence-electron chi connectivity index (χ3n) is 2.29. The normalized spacial score (nSPS) is 27.2. The second kappa shape index (κ2) is 2.54. The van der Waals surface area contributed by atoms with Gasteiger partial charge in [-0.3, -0.25) is 0 Å². The molecular weight excluding hydrogens is 157 g/mol. The van der Waals surface area contributed by atoms with E-state index < -0.39 is 6.10 Å². The number of benzene rings is 1. The van der Waals surface area contributed by atoms with Crippen LogP contribution in [0.1, 0.15) is 17.2 Å². The molecule has 0 radical (unpaired) electrons. The summed E-state index contributed by atoms with van der Waals surface area (Å²) in [5, 5.41) is 9.48. The molecule has 0 spiro atoms. The number of rotatable bonds is 0. The zero-order valence-corrected chi connectivity index (χ0v) is 6.50. The summed E-state index contributed by atoms with van der Waals surface area (Å²) in [7, 11) is 0. The van der Waals surface area contributed by atoms with Crippen molar-refractivity contribution in [3.05, 3.63) is 35.1 Å². The zero-order chi connectivity index (χ0) is 8.72. The topological polar surface area (TPSA) is 46.2 Å². The fourth-order valence-electron chi connectivity index (χ4n) is 1.62. The molecule has 1 aromatic carbocycles. The monoisotopic (exact) mass is 167 g/mol. The second-order valence-corrected chi connectivity index (χ2v) is 3.16. The van der Waals surface area contributed by atoms with E-state index in [0.29, 0.717) is 12.0 Å². The smallest absolute Gasteiger partial charge is 0.123 e. The SMILES string of the molecule is NC1Cc2ccc(F)cc2C1O. The highest BCUT2D eigenvalue weighted by Crippen LogP contribution is 2.30. The standard InChI is InChI=1S/C9H10FNO/c10-6-2-1-5-3-8(11)9(12)7(5)4-6/h1-2,4,8-9,12H,3,11H2. The van der Waals surface area contributed by atoms with Crippen LogP contribution in [0.15, 0.2) is 18.2 Å². The summed E-state index contributed by atoms with van der Waals surface area (Å²) in [6.07, 6.45) is -0.0627. The van der Waals surface area contributed by atoms with Gasteiger partial charge < -0.3 is 10.8 Å². The highest BCUT2D eigenvalue weighted by Gasteiger charge is 2.27. The van der Waals surface area contributed by atoms with Gasteiger partial charge in [0.2, 0.25) is 0 Å². The van der Waals surface area contributed by atoms with Crippen molar-refractivity contribution in [1.82, 2.24) is 0 Å². The molecule has 12 heavy (non-hydrogen) atoms. The molecule has 2 atom stereocenters. The number of fused-ring (bicyclic) bond motifs is 1. The summed E-state index contributed by atoms with van der Waals surface area (Å²) >= 11 is 0.